The number of aromatic nitrogens is 1. The van der Waals surface area contributed by atoms with E-state index < -0.39 is 0 Å². The summed E-state index contributed by atoms with van der Waals surface area (Å²) >= 11 is 0. The standard InChI is InChI=1S/C55H40N2/c1-55(2)51-24-11-8-21-46(51)50-35-43(31-32-52(50)55)56(41-29-27-38(28-30-41)37-15-4-3-5-16-37)42-19-14-18-40(33-42)49-36-44(34-39-17-6-7-20-45(39)49)57-53-25-12-9-22-47(53)48-23-10-13-26-54(48)57/h3-36H,1-2H3. The molecule has 1 heterocycles. The fourth-order valence-electron chi connectivity index (χ4n) is 9.40. The fourth-order valence-corrected chi connectivity index (χ4v) is 9.40. The summed E-state index contributed by atoms with van der Waals surface area (Å²) in [7, 11) is 0. The van der Waals surface area contributed by atoms with Crippen molar-refractivity contribution in [3.8, 4) is 39.1 Å². The Morgan fingerprint density at radius 1 is 0.368 bits per heavy atom. The molecule has 0 saturated heterocycles. The SMILES string of the molecule is CC1(C)c2ccccc2-c2cc(N(c3ccc(-c4ccccc4)cc3)c3cccc(-c4cc(-n5c6ccccc6c6ccccc65)cc5ccccc45)c3)ccc21. The van der Waals surface area contributed by atoms with Crippen molar-refractivity contribution >= 4 is 49.6 Å². The van der Waals surface area contributed by atoms with Gasteiger partial charge in [0.05, 0.1) is 11.0 Å². The predicted molar refractivity (Wildman–Crippen MR) is 241 cm³/mol. The van der Waals surface area contributed by atoms with Crippen LogP contribution in [0.3, 0.4) is 0 Å². The first-order valence-electron chi connectivity index (χ1n) is 19.8. The monoisotopic (exact) mass is 728 g/mol. The van der Waals surface area contributed by atoms with Gasteiger partial charge in [0.2, 0.25) is 0 Å². The van der Waals surface area contributed by atoms with Gasteiger partial charge < -0.3 is 9.47 Å². The molecule has 0 spiro atoms. The minimum absolute atomic E-state index is 0.0605. The second kappa shape index (κ2) is 13.0. The van der Waals surface area contributed by atoms with E-state index in [0.29, 0.717) is 0 Å². The van der Waals surface area contributed by atoms with Gasteiger partial charge in [-0.05, 0) is 116 Å². The van der Waals surface area contributed by atoms with Gasteiger partial charge in [0, 0.05) is 38.9 Å². The van der Waals surface area contributed by atoms with Crippen molar-refractivity contribution < 1.29 is 0 Å². The maximum atomic E-state index is 2.43. The summed E-state index contributed by atoms with van der Waals surface area (Å²) < 4.78 is 2.43. The van der Waals surface area contributed by atoms with Crippen LogP contribution in [0.15, 0.2) is 206 Å². The van der Waals surface area contributed by atoms with E-state index in [9.17, 15) is 0 Å². The first-order chi connectivity index (χ1) is 28.0. The number of hydrogen-bond donors (Lipinski definition) is 0. The molecule has 0 radical (unpaired) electrons. The zero-order chi connectivity index (χ0) is 38.1. The largest absolute Gasteiger partial charge is 0.310 e. The summed E-state index contributed by atoms with van der Waals surface area (Å²) in [6.07, 6.45) is 0. The minimum atomic E-state index is -0.0605. The maximum absolute atomic E-state index is 2.43. The third kappa shape index (κ3) is 5.33. The Morgan fingerprint density at radius 2 is 0.947 bits per heavy atom. The van der Waals surface area contributed by atoms with Gasteiger partial charge in [-0.3, -0.25) is 0 Å². The lowest BCUT2D eigenvalue weighted by Crippen LogP contribution is -2.15. The summed E-state index contributed by atoms with van der Waals surface area (Å²) in [5, 5.41) is 4.97. The number of benzene rings is 9. The van der Waals surface area contributed by atoms with Crippen molar-refractivity contribution in [2.75, 3.05) is 4.90 Å². The van der Waals surface area contributed by atoms with E-state index in [-0.39, 0.29) is 5.41 Å². The van der Waals surface area contributed by atoms with Crippen molar-refractivity contribution in [1.82, 2.24) is 4.57 Å². The molecular weight excluding hydrogens is 689 g/mol. The lowest BCUT2D eigenvalue weighted by molar-refractivity contribution is 0.660. The van der Waals surface area contributed by atoms with E-state index in [1.54, 1.807) is 0 Å². The summed E-state index contributed by atoms with van der Waals surface area (Å²) in [5.74, 6) is 0. The Hall–Kier alpha value is -7.16. The molecule has 2 nitrogen and oxygen atoms in total. The molecule has 0 fully saturated rings. The van der Waals surface area contributed by atoms with Crippen LogP contribution in [-0.4, -0.2) is 4.57 Å². The average Bonchev–Trinajstić information content (AvgIpc) is 3.72. The molecule has 0 unspecified atom stereocenters. The number of nitrogens with zero attached hydrogens (tertiary/aromatic N) is 2. The minimum Gasteiger partial charge on any atom is -0.310 e. The summed E-state index contributed by atoms with van der Waals surface area (Å²) in [4.78, 5) is 2.42. The van der Waals surface area contributed by atoms with E-state index in [1.165, 1.54) is 77.1 Å². The molecule has 0 amide bonds. The maximum Gasteiger partial charge on any atom is 0.0541 e. The van der Waals surface area contributed by atoms with Gasteiger partial charge >= 0.3 is 0 Å². The normalized spacial score (nSPS) is 12.9. The third-order valence-electron chi connectivity index (χ3n) is 12.2. The van der Waals surface area contributed by atoms with E-state index in [2.05, 4.69) is 230 Å². The highest BCUT2D eigenvalue weighted by Gasteiger charge is 2.35. The Bertz CT molecular complexity index is 3100. The molecule has 10 aromatic rings. The quantitative estimate of drug-likeness (QED) is 0.165. The van der Waals surface area contributed by atoms with E-state index in [4.69, 9.17) is 0 Å². The number of hydrogen-bond acceptors (Lipinski definition) is 1. The van der Waals surface area contributed by atoms with Crippen LogP contribution in [0.2, 0.25) is 0 Å². The lowest BCUT2D eigenvalue weighted by Gasteiger charge is -2.28. The molecule has 270 valence electrons. The summed E-state index contributed by atoms with van der Waals surface area (Å²) in [5.41, 5.74) is 17.0. The van der Waals surface area contributed by atoms with Gasteiger partial charge in [-0.2, -0.15) is 0 Å². The summed E-state index contributed by atoms with van der Waals surface area (Å²) in [6, 6.07) is 75.7. The highest BCUT2D eigenvalue weighted by molar-refractivity contribution is 6.10. The second-order valence-electron chi connectivity index (χ2n) is 15.8. The topological polar surface area (TPSA) is 8.17 Å². The molecule has 1 aliphatic carbocycles. The number of para-hydroxylation sites is 2. The molecule has 0 bridgehead atoms. The Morgan fingerprint density at radius 3 is 1.72 bits per heavy atom. The van der Waals surface area contributed by atoms with Gasteiger partial charge in [0.25, 0.3) is 0 Å². The van der Waals surface area contributed by atoms with E-state index in [0.717, 1.165) is 22.7 Å². The van der Waals surface area contributed by atoms with Crippen LogP contribution in [0.4, 0.5) is 17.1 Å². The number of rotatable bonds is 6. The molecular formula is C55H40N2. The Balaban J connectivity index is 1.10. The fraction of sp³-hybridized carbons (Fsp3) is 0.0545. The van der Waals surface area contributed by atoms with Gasteiger partial charge in [-0.25, -0.2) is 0 Å². The van der Waals surface area contributed by atoms with Crippen LogP contribution >= 0.6 is 0 Å². The van der Waals surface area contributed by atoms with Crippen LogP contribution in [0.5, 0.6) is 0 Å². The van der Waals surface area contributed by atoms with E-state index in [1.807, 2.05) is 0 Å². The zero-order valence-electron chi connectivity index (χ0n) is 32.0. The van der Waals surface area contributed by atoms with Gasteiger partial charge in [-0.1, -0.05) is 159 Å². The second-order valence-corrected chi connectivity index (χ2v) is 15.8. The van der Waals surface area contributed by atoms with Crippen molar-refractivity contribution in [3.05, 3.63) is 217 Å². The molecule has 0 N–H and O–H groups in total. The lowest BCUT2D eigenvalue weighted by atomic mass is 9.82. The van der Waals surface area contributed by atoms with Crippen molar-refractivity contribution in [2.24, 2.45) is 0 Å². The molecule has 11 rings (SSSR count). The molecule has 0 aliphatic heterocycles. The van der Waals surface area contributed by atoms with Crippen LogP contribution < -0.4 is 4.90 Å². The zero-order valence-corrected chi connectivity index (χ0v) is 32.0. The molecule has 9 aromatic carbocycles. The molecule has 1 aliphatic rings. The average molecular weight is 729 g/mol. The molecule has 1 aromatic heterocycles. The smallest absolute Gasteiger partial charge is 0.0541 e. The van der Waals surface area contributed by atoms with E-state index >= 15 is 0 Å². The van der Waals surface area contributed by atoms with Crippen LogP contribution in [0, 0.1) is 0 Å². The Kier molecular flexibility index (Phi) is 7.55. The predicted octanol–water partition coefficient (Wildman–Crippen LogP) is 15.0. The van der Waals surface area contributed by atoms with Crippen LogP contribution in [0.1, 0.15) is 25.0 Å². The molecule has 0 saturated carbocycles. The Labute approximate surface area is 333 Å². The first kappa shape index (κ1) is 33.2. The van der Waals surface area contributed by atoms with Crippen molar-refractivity contribution in [2.45, 2.75) is 19.3 Å². The van der Waals surface area contributed by atoms with Gasteiger partial charge in [0.15, 0.2) is 0 Å². The molecule has 0 atom stereocenters. The van der Waals surface area contributed by atoms with Crippen LogP contribution in [0.25, 0.3) is 71.6 Å². The molecule has 57 heavy (non-hydrogen) atoms. The van der Waals surface area contributed by atoms with Crippen LogP contribution in [-0.2, 0) is 5.41 Å². The van der Waals surface area contributed by atoms with Gasteiger partial charge in [0.1, 0.15) is 0 Å². The number of fused-ring (bicyclic) bond motifs is 7. The highest BCUT2D eigenvalue weighted by Crippen LogP contribution is 2.51. The summed E-state index contributed by atoms with van der Waals surface area (Å²) in [6.45, 7) is 4.69. The third-order valence-corrected chi connectivity index (χ3v) is 12.2. The first-order valence-corrected chi connectivity index (χ1v) is 19.8. The van der Waals surface area contributed by atoms with Crippen molar-refractivity contribution in [1.29, 1.82) is 0 Å². The van der Waals surface area contributed by atoms with Gasteiger partial charge in [-0.15, -0.1) is 0 Å². The molecule has 2 heteroatoms. The van der Waals surface area contributed by atoms with Crippen molar-refractivity contribution in [3.63, 3.8) is 0 Å². The number of anilines is 3. The highest BCUT2D eigenvalue weighted by atomic mass is 15.1.